The molecule has 0 saturated heterocycles. The maximum atomic E-state index is 12.8. The zero-order valence-corrected chi connectivity index (χ0v) is 13.1. The van der Waals surface area contributed by atoms with Crippen molar-refractivity contribution in [2.24, 2.45) is 5.92 Å². The molecule has 0 aliphatic heterocycles. The van der Waals surface area contributed by atoms with E-state index in [1.54, 1.807) is 30.5 Å². The van der Waals surface area contributed by atoms with Crippen LogP contribution in [-0.4, -0.2) is 48.5 Å². The van der Waals surface area contributed by atoms with Crippen LogP contribution in [0, 0.1) is 5.92 Å². The zero-order valence-electron chi connectivity index (χ0n) is 10.5. The number of ether oxygens (including phenoxy) is 1. The number of nitrogens with zero attached hydrogens (tertiary/aromatic N) is 2. The van der Waals surface area contributed by atoms with Gasteiger partial charge in [-0.25, -0.2) is 4.67 Å². The minimum Gasteiger partial charge on any atom is -0.369 e. The molecule has 1 atom stereocenters. The zero-order chi connectivity index (χ0) is 12.8. The van der Waals surface area contributed by atoms with E-state index in [2.05, 4.69) is 13.8 Å². The third-order valence-corrected chi connectivity index (χ3v) is 8.46. The highest BCUT2D eigenvalue weighted by Crippen LogP contribution is 2.62. The summed E-state index contributed by atoms with van der Waals surface area (Å²) in [6.07, 6.45) is 0. The summed E-state index contributed by atoms with van der Waals surface area (Å²) in [5.74, 6) is 1.33. The van der Waals surface area contributed by atoms with Crippen LogP contribution in [0.3, 0.4) is 0 Å². The number of hydrogen-bond donors (Lipinski definition) is 0. The van der Waals surface area contributed by atoms with Gasteiger partial charge in [0, 0.05) is 19.9 Å². The predicted octanol–water partition coefficient (Wildman–Crippen LogP) is 2.91. The van der Waals surface area contributed by atoms with E-state index in [0.717, 1.165) is 5.75 Å². The van der Waals surface area contributed by atoms with Crippen molar-refractivity contribution >= 4 is 35.7 Å². The summed E-state index contributed by atoms with van der Waals surface area (Å²) in [7, 11) is 5.12. The van der Waals surface area contributed by atoms with Crippen LogP contribution in [0.5, 0.6) is 0 Å². The normalized spacial score (nSPS) is 15.2. The van der Waals surface area contributed by atoms with Crippen molar-refractivity contribution < 1.29 is 9.30 Å². The molecular weight excluding hydrogens is 263 g/mol. The van der Waals surface area contributed by atoms with E-state index >= 15 is 0 Å². The lowest BCUT2D eigenvalue weighted by Crippen LogP contribution is -2.25. The van der Waals surface area contributed by atoms with Gasteiger partial charge in [0.05, 0.1) is 5.49 Å². The first-order valence-electron chi connectivity index (χ1n) is 5.02. The molecule has 0 aliphatic rings. The standard InChI is InChI=1S/C9H21N2O2PS2/c1-9(2)6-16-14(12,11(4)8-15)10(3)7-13-5/h8-9H,6-7H2,1-5H3. The maximum absolute atomic E-state index is 12.8. The summed E-state index contributed by atoms with van der Waals surface area (Å²) in [5, 5.41) is 0. The highest BCUT2D eigenvalue weighted by molar-refractivity contribution is 8.56. The van der Waals surface area contributed by atoms with Crippen LogP contribution < -0.4 is 0 Å². The van der Waals surface area contributed by atoms with Gasteiger partial charge in [-0.1, -0.05) is 37.4 Å². The second kappa shape index (κ2) is 7.67. The Bertz CT molecular complexity index is 264. The summed E-state index contributed by atoms with van der Waals surface area (Å²) < 4.78 is 21.1. The average molecular weight is 284 g/mol. The van der Waals surface area contributed by atoms with Gasteiger partial charge in [0.15, 0.2) is 0 Å². The third-order valence-electron chi connectivity index (χ3n) is 1.87. The molecule has 0 rings (SSSR count). The maximum Gasteiger partial charge on any atom is 0.296 e. The van der Waals surface area contributed by atoms with Gasteiger partial charge in [0.1, 0.15) is 6.73 Å². The van der Waals surface area contributed by atoms with Crippen molar-refractivity contribution in [3.63, 3.8) is 0 Å². The van der Waals surface area contributed by atoms with Gasteiger partial charge in [-0.05, 0) is 13.0 Å². The number of methoxy groups -OCH3 is 1. The molecule has 0 aromatic carbocycles. The van der Waals surface area contributed by atoms with E-state index in [0.29, 0.717) is 12.6 Å². The van der Waals surface area contributed by atoms with Crippen molar-refractivity contribution in [3.05, 3.63) is 0 Å². The fraction of sp³-hybridized carbons (Fsp3) is 0.889. The SMILES string of the molecule is COCN(C)P(=O)(SCC(C)C)N(C)C=S. The number of rotatable bonds is 8. The highest BCUT2D eigenvalue weighted by Gasteiger charge is 2.32. The van der Waals surface area contributed by atoms with Crippen molar-refractivity contribution in [2.75, 3.05) is 33.7 Å². The van der Waals surface area contributed by atoms with Crippen LogP contribution in [0.2, 0.25) is 0 Å². The Hall–Kier alpha value is 0.390. The fourth-order valence-electron chi connectivity index (χ4n) is 0.996. The molecule has 0 radical (unpaired) electrons. The van der Waals surface area contributed by atoms with Crippen LogP contribution in [0.1, 0.15) is 13.8 Å². The first-order chi connectivity index (χ1) is 7.38. The second-order valence-electron chi connectivity index (χ2n) is 3.93. The molecule has 0 heterocycles. The van der Waals surface area contributed by atoms with Gasteiger partial charge in [0.25, 0.3) is 6.65 Å². The Morgan fingerprint density at radius 2 is 2.06 bits per heavy atom. The van der Waals surface area contributed by atoms with E-state index in [1.807, 2.05) is 0 Å². The van der Waals surface area contributed by atoms with E-state index < -0.39 is 6.65 Å². The Morgan fingerprint density at radius 3 is 2.44 bits per heavy atom. The van der Waals surface area contributed by atoms with E-state index in [-0.39, 0.29) is 0 Å². The molecule has 96 valence electrons. The smallest absolute Gasteiger partial charge is 0.296 e. The summed E-state index contributed by atoms with van der Waals surface area (Å²) >= 11 is 6.30. The predicted molar refractivity (Wildman–Crippen MR) is 76.0 cm³/mol. The topological polar surface area (TPSA) is 32.8 Å². The van der Waals surface area contributed by atoms with Gasteiger partial charge >= 0.3 is 0 Å². The number of hydrogen-bond acceptors (Lipinski definition) is 4. The molecule has 0 spiro atoms. The van der Waals surface area contributed by atoms with E-state index in [4.69, 9.17) is 17.0 Å². The lowest BCUT2D eigenvalue weighted by Gasteiger charge is -2.32. The quantitative estimate of drug-likeness (QED) is 0.387. The van der Waals surface area contributed by atoms with E-state index in [1.165, 1.54) is 16.9 Å². The summed E-state index contributed by atoms with van der Waals surface area (Å²) in [6, 6.07) is 0. The average Bonchev–Trinajstić information content (AvgIpc) is 2.24. The first-order valence-corrected chi connectivity index (χ1v) is 8.69. The van der Waals surface area contributed by atoms with Crippen LogP contribution in [0.15, 0.2) is 0 Å². The molecule has 4 nitrogen and oxygen atoms in total. The van der Waals surface area contributed by atoms with Gasteiger partial charge in [-0.15, -0.1) is 0 Å². The highest BCUT2D eigenvalue weighted by atomic mass is 32.7. The fourth-order valence-corrected chi connectivity index (χ4v) is 6.19. The lowest BCUT2D eigenvalue weighted by molar-refractivity contribution is 0.129. The Labute approximate surface area is 108 Å². The van der Waals surface area contributed by atoms with Crippen molar-refractivity contribution in [1.82, 2.24) is 9.34 Å². The molecule has 0 aromatic rings. The molecule has 7 heteroatoms. The largest absolute Gasteiger partial charge is 0.369 e. The Morgan fingerprint density at radius 1 is 1.50 bits per heavy atom. The molecule has 16 heavy (non-hydrogen) atoms. The summed E-state index contributed by atoms with van der Waals surface area (Å²) in [5.41, 5.74) is 1.43. The molecule has 0 aliphatic carbocycles. The Kier molecular flexibility index (Phi) is 7.85. The van der Waals surface area contributed by atoms with Crippen molar-refractivity contribution in [2.45, 2.75) is 13.8 Å². The van der Waals surface area contributed by atoms with Gasteiger partial charge in [-0.3, -0.25) is 4.57 Å². The molecule has 0 aromatic heterocycles. The number of thiocarbonyl (C=S) groups is 1. The van der Waals surface area contributed by atoms with Crippen LogP contribution >= 0.6 is 30.2 Å². The van der Waals surface area contributed by atoms with Crippen molar-refractivity contribution in [3.8, 4) is 0 Å². The van der Waals surface area contributed by atoms with E-state index in [9.17, 15) is 4.57 Å². The van der Waals surface area contributed by atoms with Gasteiger partial charge in [-0.2, -0.15) is 0 Å². The molecule has 0 amide bonds. The molecule has 0 bridgehead atoms. The first kappa shape index (κ1) is 16.4. The summed E-state index contributed by atoms with van der Waals surface area (Å²) in [4.78, 5) is 0. The van der Waals surface area contributed by atoms with Crippen LogP contribution in [-0.2, 0) is 9.30 Å². The second-order valence-corrected chi connectivity index (χ2v) is 9.23. The molecule has 1 unspecified atom stereocenters. The molecule has 0 saturated carbocycles. The molecule has 0 N–H and O–H groups in total. The Balaban J connectivity index is 4.73. The van der Waals surface area contributed by atoms with Gasteiger partial charge < -0.3 is 9.41 Å². The molecular formula is C9H21N2O2PS2. The van der Waals surface area contributed by atoms with Crippen LogP contribution in [0.25, 0.3) is 0 Å². The summed E-state index contributed by atoms with van der Waals surface area (Å²) in [6.45, 7) is 1.86. The molecule has 0 fully saturated rings. The minimum atomic E-state index is -2.67. The van der Waals surface area contributed by atoms with Crippen molar-refractivity contribution in [1.29, 1.82) is 0 Å². The minimum absolute atomic E-state index is 0.329. The van der Waals surface area contributed by atoms with Crippen LogP contribution in [0.4, 0.5) is 0 Å². The third kappa shape index (κ3) is 4.72. The lowest BCUT2D eigenvalue weighted by atomic mass is 10.3. The monoisotopic (exact) mass is 284 g/mol. The van der Waals surface area contributed by atoms with Gasteiger partial charge in [0.2, 0.25) is 0 Å².